The predicted octanol–water partition coefficient (Wildman–Crippen LogP) is 0.661. The highest BCUT2D eigenvalue weighted by molar-refractivity contribution is 7.90. The summed E-state index contributed by atoms with van der Waals surface area (Å²) in [5.74, 6) is 0. The molecule has 0 saturated carbocycles. The van der Waals surface area contributed by atoms with E-state index in [0.717, 1.165) is 0 Å². The maximum atomic E-state index is 11.6. The third kappa shape index (κ3) is 2.05. The SMILES string of the molecule is CC1(O)CN(c2ccccc2S(C)(=O)=O)C1. The highest BCUT2D eigenvalue weighted by Gasteiger charge is 2.38. The second-order valence-electron chi connectivity index (χ2n) is 4.59. The molecule has 0 aliphatic carbocycles. The lowest BCUT2D eigenvalue weighted by molar-refractivity contribution is 0.0307. The molecular formula is C11H15NO3S. The van der Waals surface area contributed by atoms with E-state index in [1.807, 2.05) is 4.90 Å². The molecule has 1 aliphatic rings. The van der Waals surface area contributed by atoms with Crippen LogP contribution in [0.1, 0.15) is 6.92 Å². The Morgan fingerprint density at radius 3 is 2.38 bits per heavy atom. The average Bonchev–Trinajstić information content (AvgIpc) is 2.12. The molecule has 0 spiro atoms. The fraction of sp³-hybridized carbons (Fsp3) is 0.455. The van der Waals surface area contributed by atoms with E-state index in [1.54, 1.807) is 31.2 Å². The molecule has 1 fully saturated rings. The molecule has 0 amide bonds. The van der Waals surface area contributed by atoms with Gasteiger partial charge in [-0.2, -0.15) is 0 Å². The maximum Gasteiger partial charge on any atom is 0.177 e. The molecular weight excluding hydrogens is 226 g/mol. The summed E-state index contributed by atoms with van der Waals surface area (Å²) in [6, 6.07) is 6.87. The Hall–Kier alpha value is -1.07. The van der Waals surface area contributed by atoms with Crippen LogP contribution in [0.15, 0.2) is 29.2 Å². The van der Waals surface area contributed by atoms with Crippen molar-refractivity contribution in [2.45, 2.75) is 17.4 Å². The molecule has 1 aromatic rings. The molecule has 0 unspecified atom stereocenters. The van der Waals surface area contributed by atoms with Crippen molar-refractivity contribution in [3.63, 3.8) is 0 Å². The number of anilines is 1. The maximum absolute atomic E-state index is 11.6. The van der Waals surface area contributed by atoms with Crippen LogP contribution in [0.25, 0.3) is 0 Å². The van der Waals surface area contributed by atoms with E-state index >= 15 is 0 Å². The number of β-amino-alcohol motifs (C(OH)–C–C–N with tert-alkyl or cyclic N) is 1. The van der Waals surface area contributed by atoms with Gasteiger partial charge in [-0.1, -0.05) is 12.1 Å². The van der Waals surface area contributed by atoms with Crippen LogP contribution in [0, 0.1) is 0 Å². The summed E-state index contributed by atoms with van der Waals surface area (Å²) in [5, 5.41) is 9.65. The van der Waals surface area contributed by atoms with Crippen molar-refractivity contribution in [3.8, 4) is 0 Å². The van der Waals surface area contributed by atoms with Crippen LogP contribution in [0.3, 0.4) is 0 Å². The van der Waals surface area contributed by atoms with Gasteiger partial charge in [0.15, 0.2) is 9.84 Å². The Labute approximate surface area is 95.4 Å². The number of sulfone groups is 1. The first kappa shape index (κ1) is 11.4. The molecule has 1 N–H and O–H groups in total. The monoisotopic (exact) mass is 241 g/mol. The van der Waals surface area contributed by atoms with Gasteiger partial charge in [0, 0.05) is 19.3 Å². The van der Waals surface area contributed by atoms with Gasteiger partial charge in [-0.15, -0.1) is 0 Å². The fourth-order valence-corrected chi connectivity index (χ4v) is 2.88. The lowest BCUT2D eigenvalue weighted by Crippen LogP contribution is -2.60. The van der Waals surface area contributed by atoms with E-state index < -0.39 is 15.4 Å². The molecule has 1 aliphatic heterocycles. The number of para-hydroxylation sites is 1. The zero-order valence-electron chi connectivity index (χ0n) is 9.34. The third-order valence-corrected chi connectivity index (χ3v) is 3.81. The van der Waals surface area contributed by atoms with Crippen LogP contribution in [-0.2, 0) is 9.84 Å². The summed E-state index contributed by atoms with van der Waals surface area (Å²) < 4.78 is 23.1. The Kier molecular flexibility index (Phi) is 2.47. The molecule has 0 bridgehead atoms. The van der Waals surface area contributed by atoms with Crippen LogP contribution in [0.2, 0.25) is 0 Å². The lowest BCUT2D eigenvalue weighted by Gasteiger charge is -2.46. The van der Waals surface area contributed by atoms with Crippen molar-refractivity contribution in [2.24, 2.45) is 0 Å². The lowest BCUT2D eigenvalue weighted by atomic mass is 9.96. The minimum atomic E-state index is -3.22. The van der Waals surface area contributed by atoms with Crippen molar-refractivity contribution in [1.29, 1.82) is 0 Å². The van der Waals surface area contributed by atoms with E-state index in [2.05, 4.69) is 0 Å². The van der Waals surface area contributed by atoms with Gasteiger partial charge in [0.05, 0.1) is 16.2 Å². The molecule has 88 valence electrons. The van der Waals surface area contributed by atoms with E-state index in [-0.39, 0.29) is 0 Å². The second kappa shape index (κ2) is 3.46. The standard InChI is InChI=1S/C11H15NO3S/c1-11(13)7-12(8-11)9-5-3-4-6-10(9)16(2,14)15/h3-6,13H,7-8H2,1-2H3. The minimum Gasteiger partial charge on any atom is -0.386 e. The molecule has 4 nitrogen and oxygen atoms in total. The predicted molar refractivity (Wildman–Crippen MR) is 62.4 cm³/mol. The number of hydrogen-bond acceptors (Lipinski definition) is 4. The highest BCUT2D eigenvalue weighted by Crippen LogP contribution is 2.32. The Bertz CT molecular complexity index is 500. The molecule has 2 rings (SSSR count). The minimum absolute atomic E-state index is 0.325. The van der Waals surface area contributed by atoms with Crippen molar-refractivity contribution in [2.75, 3.05) is 24.2 Å². The molecule has 1 saturated heterocycles. The van der Waals surface area contributed by atoms with Gasteiger partial charge in [-0.3, -0.25) is 0 Å². The van der Waals surface area contributed by atoms with Crippen LogP contribution in [0.5, 0.6) is 0 Å². The number of aliphatic hydroxyl groups is 1. The zero-order valence-corrected chi connectivity index (χ0v) is 10.2. The van der Waals surface area contributed by atoms with Crippen molar-refractivity contribution >= 4 is 15.5 Å². The normalized spacial score (nSPS) is 19.3. The van der Waals surface area contributed by atoms with E-state index in [9.17, 15) is 13.5 Å². The van der Waals surface area contributed by atoms with Gasteiger partial charge in [0.1, 0.15) is 0 Å². The molecule has 5 heteroatoms. The molecule has 0 radical (unpaired) electrons. The van der Waals surface area contributed by atoms with Crippen molar-refractivity contribution in [1.82, 2.24) is 0 Å². The van der Waals surface area contributed by atoms with Crippen molar-refractivity contribution in [3.05, 3.63) is 24.3 Å². The largest absolute Gasteiger partial charge is 0.386 e. The fourth-order valence-electron chi connectivity index (χ4n) is 1.98. The summed E-state index contributed by atoms with van der Waals surface area (Å²) in [6.45, 7) is 2.69. The van der Waals surface area contributed by atoms with Gasteiger partial charge in [0.2, 0.25) is 0 Å². The number of benzene rings is 1. The molecule has 0 atom stereocenters. The van der Waals surface area contributed by atoms with E-state index in [4.69, 9.17) is 0 Å². The number of nitrogens with zero attached hydrogens (tertiary/aromatic N) is 1. The average molecular weight is 241 g/mol. The summed E-state index contributed by atoms with van der Waals surface area (Å²) in [5.41, 5.74) is -0.0264. The first-order chi connectivity index (χ1) is 7.30. The van der Waals surface area contributed by atoms with Crippen molar-refractivity contribution < 1.29 is 13.5 Å². The third-order valence-electron chi connectivity index (χ3n) is 2.67. The molecule has 0 aromatic heterocycles. The second-order valence-corrected chi connectivity index (χ2v) is 6.58. The van der Waals surface area contributed by atoms with Crippen LogP contribution >= 0.6 is 0 Å². The van der Waals surface area contributed by atoms with Gasteiger partial charge in [-0.05, 0) is 19.1 Å². The van der Waals surface area contributed by atoms with E-state index in [0.29, 0.717) is 23.7 Å². The summed E-state index contributed by atoms with van der Waals surface area (Å²) in [7, 11) is -3.22. The van der Waals surface area contributed by atoms with Crippen LogP contribution in [-0.4, -0.2) is 38.5 Å². The highest BCUT2D eigenvalue weighted by atomic mass is 32.2. The Morgan fingerprint density at radius 2 is 1.88 bits per heavy atom. The number of rotatable bonds is 2. The first-order valence-corrected chi connectivity index (χ1v) is 6.95. The molecule has 1 heterocycles. The number of hydrogen-bond donors (Lipinski definition) is 1. The van der Waals surface area contributed by atoms with Gasteiger partial charge >= 0.3 is 0 Å². The van der Waals surface area contributed by atoms with Gasteiger partial charge in [0.25, 0.3) is 0 Å². The first-order valence-electron chi connectivity index (χ1n) is 5.06. The molecule has 1 aromatic carbocycles. The zero-order chi connectivity index (χ0) is 12.0. The Balaban J connectivity index is 2.36. The summed E-state index contributed by atoms with van der Waals surface area (Å²) in [4.78, 5) is 2.20. The molecule has 16 heavy (non-hydrogen) atoms. The van der Waals surface area contributed by atoms with Gasteiger partial charge < -0.3 is 10.0 Å². The quantitative estimate of drug-likeness (QED) is 0.826. The van der Waals surface area contributed by atoms with Crippen LogP contribution < -0.4 is 4.90 Å². The topological polar surface area (TPSA) is 57.6 Å². The smallest absolute Gasteiger partial charge is 0.177 e. The van der Waals surface area contributed by atoms with Crippen LogP contribution in [0.4, 0.5) is 5.69 Å². The summed E-state index contributed by atoms with van der Waals surface area (Å²) in [6.07, 6.45) is 1.20. The Morgan fingerprint density at radius 1 is 1.31 bits per heavy atom. The summed E-state index contributed by atoms with van der Waals surface area (Å²) >= 11 is 0. The van der Waals surface area contributed by atoms with E-state index in [1.165, 1.54) is 6.26 Å². The van der Waals surface area contributed by atoms with Gasteiger partial charge in [-0.25, -0.2) is 8.42 Å².